The van der Waals surface area contributed by atoms with Crippen molar-refractivity contribution >= 4 is 69.5 Å². The van der Waals surface area contributed by atoms with Gasteiger partial charge in [-0.25, -0.2) is 0 Å². The van der Waals surface area contributed by atoms with Crippen LogP contribution in [-0.4, -0.2) is 75.9 Å². The lowest BCUT2D eigenvalue weighted by Crippen LogP contribution is -2.54. The van der Waals surface area contributed by atoms with E-state index in [4.69, 9.17) is 27.9 Å². The Morgan fingerprint density at radius 1 is 0.939 bits per heavy atom. The Bertz CT molecular complexity index is 2010. The summed E-state index contributed by atoms with van der Waals surface area (Å²) in [4.78, 5) is 76.4. The minimum atomic E-state index is -1.11. The fraction of sp³-hybridized carbons (Fsp3) is 0.265. The van der Waals surface area contributed by atoms with Crippen LogP contribution in [0.4, 0.5) is 0 Å². The van der Waals surface area contributed by atoms with Gasteiger partial charge in [0.1, 0.15) is 11.8 Å². The van der Waals surface area contributed by atoms with Crippen molar-refractivity contribution in [3.8, 4) is 5.75 Å². The molecule has 3 N–H and O–H groups in total. The predicted octanol–water partition coefficient (Wildman–Crippen LogP) is 3.50. The number of ether oxygens (including phenoxy) is 1. The third kappa shape index (κ3) is 7.13. The molecule has 6 amide bonds. The Morgan fingerprint density at radius 2 is 1.71 bits per heavy atom. The van der Waals surface area contributed by atoms with Gasteiger partial charge in [-0.15, -0.1) is 0 Å². The maximum absolute atomic E-state index is 13.2. The van der Waals surface area contributed by atoms with Gasteiger partial charge in [0, 0.05) is 34.9 Å². The number of aromatic nitrogens is 2. The van der Waals surface area contributed by atoms with Gasteiger partial charge < -0.3 is 15.4 Å². The molecular weight excluding hydrogens is 675 g/mol. The van der Waals surface area contributed by atoms with Gasteiger partial charge in [-0.1, -0.05) is 53.5 Å². The first kappa shape index (κ1) is 33.6. The van der Waals surface area contributed by atoms with E-state index in [1.807, 2.05) is 30.3 Å². The molecule has 6 rings (SSSR count). The fourth-order valence-corrected chi connectivity index (χ4v) is 6.26. The number of nitrogens with one attached hydrogen (secondary N) is 3. The third-order valence-corrected chi connectivity index (χ3v) is 8.80. The lowest BCUT2D eigenvalue weighted by Gasteiger charge is -2.27. The Balaban J connectivity index is 0.963. The standard InChI is InChI=1S/C34H30Cl2N6O7/c35-20-11-10-19(23(36)16-20)17-41-24-8-2-1-6-21(24)30(40-41)32(46)38-15-4-3-14-37-28(44)18-49-26-9-5-7-22-29(26)34(48)42(33(22)47)25-12-13-27(43)39-31(25)45/h1-2,5-11,16,25H,3-4,12-15,17-18H2,(H,37,44)(H,38,46)(H,39,43,45). The molecule has 1 aromatic heterocycles. The van der Waals surface area contributed by atoms with Gasteiger partial charge in [0.25, 0.3) is 23.6 Å². The minimum absolute atomic E-state index is 0.00414. The molecular formula is C34H30Cl2N6O7. The summed E-state index contributed by atoms with van der Waals surface area (Å²) in [5, 5.41) is 14.1. The zero-order valence-corrected chi connectivity index (χ0v) is 27.5. The summed E-state index contributed by atoms with van der Waals surface area (Å²) in [6, 6.07) is 16.0. The number of nitrogens with zero attached hydrogens (tertiary/aromatic N) is 3. The van der Waals surface area contributed by atoms with Gasteiger partial charge in [-0.2, -0.15) is 5.10 Å². The Morgan fingerprint density at radius 3 is 2.49 bits per heavy atom. The largest absolute Gasteiger partial charge is 0.483 e. The molecule has 0 radical (unpaired) electrons. The van der Waals surface area contributed by atoms with E-state index >= 15 is 0 Å². The molecule has 15 heteroatoms. The van der Waals surface area contributed by atoms with Crippen LogP contribution in [0, 0.1) is 0 Å². The molecule has 252 valence electrons. The molecule has 1 unspecified atom stereocenters. The number of hydrogen-bond acceptors (Lipinski definition) is 8. The maximum Gasteiger partial charge on any atom is 0.272 e. The molecule has 49 heavy (non-hydrogen) atoms. The van der Waals surface area contributed by atoms with Crippen LogP contribution in [0.25, 0.3) is 10.9 Å². The Hall–Kier alpha value is -5.27. The van der Waals surface area contributed by atoms with Crippen molar-refractivity contribution in [2.75, 3.05) is 19.7 Å². The molecule has 3 aromatic carbocycles. The average Bonchev–Trinajstić information content (AvgIpc) is 3.57. The van der Waals surface area contributed by atoms with Gasteiger partial charge in [0.15, 0.2) is 12.3 Å². The molecule has 3 heterocycles. The zero-order valence-electron chi connectivity index (χ0n) is 26.0. The summed E-state index contributed by atoms with van der Waals surface area (Å²) in [6.45, 7) is 0.607. The molecule has 0 spiro atoms. The van der Waals surface area contributed by atoms with Crippen LogP contribution in [-0.2, 0) is 20.9 Å². The molecule has 2 aliphatic rings. The van der Waals surface area contributed by atoms with Crippen molar-refractivity contribution in [1.29, 1.82) is 0 Å². The van der Waals surface area contributed by atoms with E-state index in [2.05, 4.69) is 21.0 Å². The van der Waals surface area contributed by atoms with E-state index in [-0.39, 0.29) is 35.6 Å². The second kappa shape index (κ2) is 14.5. The highest BCUT2D eigenvalue weighted by atomic mass is 35.5. The van der Waals surface area contributed by atoms with Gasteiger partial charge >= 0.3 is 0 Å². The second-order valence-electron chi connectivity index (χ2n) is 11.5. The highest BCUT2D eigenvalue weighted by Crippen LogP contribution is 2.33. The normalized spacial score (nSPS) is 15.7. The summed E-state index contributed by atoms with van der Waals surface area (Å²) >= 11 is 12.4. The predicted molar refractivity (Wildman–Crippen MR) is 178 cm³/mol. The smallest absolute Gasteiger partial charge is 0.272 e. The van der Waals surface area contributed by atoms with Crippen LogP contribution in [0.3, 0.4) is 0 Å². The van der Waals surface area contributed by atoms with E-state index in [0.717, 1.165) is 16.0 Å². The third-order valence-electron chi connectivity index (χ3n) is 8.21. The highest BCUT2D eigenvalue weighted by molar-refractivity contribution is 6.35. The number of halogens is 2. The molecule has 2 aliphatic heterocycles. The van der Waals surface area contributed by atoms with Gasteiger partial charge in [0.05, 0.1) is 23.2 Å². The van der Waals surface area contributed by atoms with Crippen molar-refractivity contribution in [3.63, 3.8) is 0 Å². The van der Waals surface area contributed by atoms with E-state index < -0.39 is 42.2 Å². The van der Waals surface area contributed by atoms with Gasteiger partial charge in [-0.3, -0.25) is 43.7 Å². The number of benzene rings is 3. The summed E-state index contributed by atoms with van der Waals surface area (Å²) < 4.78 is 7.33. The van der Waals surface area contributed by atoms with Gasteiger partial charge in [0.2, 0.25) is 11.8 Å². The SMILES string of the molecule is O=C(COc1cccc2c1C(=O)N(C1CCC(=O)NC1=O)C2=O)NCCCCNC(=O)c1nn(Cc2ccc(Cl)cc2Cl)c2ccccc12. The number of unbranched alkanes of at least 4 members (excludes halogenated alkanes) is 1. The quantitative estimate of drug-likeness (QED) is 0.149. The summed E-state index contributed by atoms with van der Waals surface area (Å²) in [5.41, 5.74) is 1.91. The van der Waals surface area contributed by atoms with Crippen LogP contribution < -0.4 is 20.7 Å². The van der Waals surface area contributed by atoms with E-state index in [1.165, 1.54) is 18.2 Å². The van der Waals surface area contributed by atoms with Crippen molar-refractivity contribution in [2.24, 2.45) is 0 Å². The van der Waals surface area contributed by atoms with Crippen molar-refractivity contribution < 1.29 is 33.5 Å². The molecule has 1 fully saturated rings. The summed E-state index contributed by atoms with van der Waals surface area (Å²) in [5.74, 6) is -3.30. The molecule has 4 aromatic rings. The Kier molecular flexibility index (Phi) is 9.92. The number of hydrogen-bond donors (Lipinski definition) is 3. The van der Waals surface area contributed by atoms with Gasteiger partial charge in [-0.05, 0) is 55.2 Å². The average molecular weight is 706 g/mol. The van der Waals surface area contributed by atoms with Crippen LogP contribution in [0.2, 0.25) is 10.0 Å². The lowest BCUT2D eigenvalue weighted by atomic mass is 10.0. The van der Waals surface area contributed by atoms with E-state index in [9.17, 15) is 28.8 Å². The number of carbonyl (C=O) groups excluding carboxylic acids is 6. The summed E-state index contributed by atoms with van der Waals surface area (Å²) in [7, 11) is 0. The highest BCUT2D eigenvalue weighted by Gasteiger charge is 2.46. The van der Waals surface area contributed by atoms with Crippen LogP contribution in [0.5, 0.6) is 5.75 Å². The van der Waals surface area contributed by atoms with Crippen LogP contribution in [0.1, 0.15) is 62.5 Å². The molecule has 1 saturated heterocycles. The van der Waals surface area contributed by atoms with E-state index in [1.54, 1.807) is 16.8 Å². The number of imide groups is 2. The Labute approximate surface area is 289 Å². The number of para-hydroxylation sites is 1. The molecule has 0 aliphatic carbocycles. The maximum atomic E-state index is 13.2. The van der Waals surface area contributed by atoms with Crippen LogP contribution in [0.15, 0.2) is 60.7 Å². The molecule has 0 saturated carbocycles. The summed E-state index contributed by atoms with van der Waals surface area (Å²) in [6.07, 6.45) is 1.17. The topological polar surface area (TPSA) is 169 Å². The first-order valence-electron chi connectivity index (χ1n) is 15.5. The van der Waals surface area contributed by atoms with E-state index in [0.29, 0.717) is 53.6 Å². The number of carbonyl (C=O) groups is 6. The molecule has 0 bridgehead atoms. The van der Waals surface area contributed by atoms with Crippen molar-refractivity contribution in [3.05, 3.63) is 93.1 Å². The minimum Gasteiger partial charge on any atom is -0.483 e. The van der Waals surface area contributed by atoms with Crippen molar-refractivity contribution in [1.82, 2.24) is 30.6 Å². The number of piperidine rings is 1. The zero-order chi connectivity index (χ0) is 34.7. The monoisotopic (exact) mass is 704 g/mol. The molecule has 13 nitrogen and oxygen atoms in total. The lowest BCUT2D eigenvalue weighted by molar-refractivity contribution is -0.136. The first-order chi connectivity index (χ1) is 23.6. The first-order valence-corrected chi connectivity index (χ1v) is 16.3. The molecule has 1 atom stereocenters. The number of fused-ring (bicyclic) bond motifs is 2. The fourth-order valence-electron chi connectivity index (χ4n) is 5.79. The second-order valence-corrected chi connectivity index (χ2v) is 12.3. The van der Waals surface area contributed by atoms with Crippen molar-refractivity contribution in [2.45, 2.75) is 38.3 Å². The number of amides is 6. The number of rotatable bonds is 12. The van der Waals surface area contributed by atoms with Crippen LogP contribution >= 0.6 is 23.2 Å².